The molecule has 1 aliphatic heterocycles. The lowest BCUT2D eigenvalue weighted by Crippen LogP contribution is -2.61. The van der Waals surface area contributed by atoms with E-state index < -0.39 is 67.4 Å². The SMILES string of the molecule is CCCCC/C=C\C/C=C\C/C=C\CCCCCCCCCCCCCCCCC(=O)OC1C(OCC(NC(=O)C(O)CCCCCCCCCC/C=C/CCCCCCCC)C(O)/C=C/CCCCCCCCCCCCC)OC(CO)C(O)C1O. The fourth-order valence-electron chi connectivity index (χ4n) is 11.5. The molecule has 0 aromatic heterocycles. The summed E-state index contributed by atoms with van der Waals surface area (Å²) in [5.41, 5.74) is 0. The molecule has 11 nitrogen and oxygen atoms in total. The Morgan fingerprint density at radius 2 is 0.793 bits per heavy atom. The third kappa shape index (κ3) is 50.7. The number of nitrogens with one attached hydrogen (secondary N) is 1. The summed E-state index contributed by atoms with van der Waals surface area (Å²) in [5, 5.41) is 57.3. The minimum absolute atomic E-state index is 0.123. The largest absolute Gasteiger partial charge is 0.454 e. The second kappa shape index (κ2) is 63.5. The molecule has 11 heteroatoms. The van der Waals surface area contributed by atoms with Crippen LogP contribution in [0.1, 0.15) is 348 Å². The summed E-state index contributed by atoms with van der Waals surface area (Å²) in [6.45, 7) is 5.81. The van der Waals surface area contributed by atoms with Gasteiger partial charge in [0.1, 0.15) is 24.4 Å². The molecule has 0 aliphatic carbocycles. The van der Waals surface area contributed by atoms with Crippen LogP contribution in [-0.2, 0) is 23.8 Å². The molecule has 1 amide bonds. The Labute approximate surface area is 535 Å². The van der Waals surface area contributed by atoms with E-state index in [4.69, 9.17) is 14.2 Å². The highest BCUT2D eigenvalue weighted by atomic mass is 16.7. The number of ether oxygens (including phenoxy) is 3. The number of unbranched alkanes of at least 4 members (excludes halogenated alkanes) is 42. The van der Waals surface area contributed by atoms with Gasteiger partial charge in [-0.1, -0.05) is 313 Å². The van der Waals surface area contributed by atoms with Crippen LogP contribution in [0.25, 0.3) is 0 Å². The van der Waals surface area contributed by atoms with E-state index in [0.717, 1.165) is 77.0 Å². The first-order valence-electron chi connectivity index (χ1n) is 37.1. The summed E-state index contributed by atoms with van der Waals surface area (Å²) in [6, 6.07) is -1.03. The van der Waals surface area contributed by atoms with Gasteiger partial charge in [0, 0.05) is 6.42 Å². The lowest BCUT2D eigenvalue weighted by Gasteiger charge is -2.41. The van der Waals surface area contributed by atoms with Crippen molar-refractivity contribution in [3.05, 3.63) is 60.8 Å². The van der Waals surface area contributed by atoms with Crippen LogP contribution in [0.15, 0.2) is 60.8 Å². The first kappa shape index (κ1) is 82.4. The van der Waals surface area contributed by atoms with Crippen molar-refractivity contribution in [2.75, 3.05) is 13.2 Å². The fraction of sp³-hybridized carbons (Fsp3) is 0.842. The highest BCUT2D eigenvalue weighted by Gasteiger charge is 2.47. The zero-order valence-corrected chi connectivity index (χ0v) is 56.6. The monoisotopic (exact) mass is 1230 g/mol. The molecule has 1 heterocycles. The molecule has 8 atom stereocenters. The second-order valence-corrected chi connectivity index (χ2v) is 25.7. The molecule has 508 valence electrons. The molecule has 0 aromatic carbocycles. The summed E-state index contributed by atoms with van der Waals surface area (Å²) in [6.07, 6.45) is 71.2. The summed E-state index contributed by atoms with van der Waals surface area (Å²) in [5.74, 6) is -1.19. The van der Waals surface area contributed by atoms with Crippen LogP contribution < -0.4 is 5.32 Å². The van der Waals surface area contributed by atoms with E-state index in [1.54, 1.807) is 6.08 Å². The van der Waals surface area contributed by atoms with Crippen LogP contribution in [0, 0.1) is 0 Å². The molecular formula is C76H139NO10. The van der Waals surface area contributed by atoms with Crippen LogP contribution in [0.4, 0.5) is 0 Å². The van der Waals surface area contributed by atoms with Gasteiger partial charge in [-0.25, -0.2) is 0 Å². The van der Waals surface area contributed by atoms with Crippen LogP contribution in [0.5, 0.6) is 0 Å². The molecule has 1 aliphatic rings. The van der Waals surface area contributed by atoms with Crippen molar-refractivity contribution in [1.82, 2.24) is 5.32 Å². The minimum Gasteiger partial charge on any atom is -0.454 e. The molecule has 0 radical (unpaired) electrons. The van der Waals surface area contributed by atoms with Gasteiger partial charge in [-0.05, 0) is 89.9 Å². The minimum atomic E-state index is -1.62. The van der Waals surface area contributed by atoms with Gasteiger partial charge in [0.05, 0.1) is 25.4 Å². The number of carbonyl (C=O) groups excluding carboxylic acids is 2. The van der Waals surface area contributed by atoms with Crippen molar-refractivity contribution < 1.29 is 49.3 Å². The van der Waals surface area contributed by atoms with Crippen LogP contribution in [0.3, 0.4) is 0 Å². The van der Waals surface area contributed by atoms with E-state index in [2.05, 4.69) is 74.7 Å². The molecule has 0 bridgehead atoms. The Bertz CT molecular complexity index is 1650. The van der Waals surface area contributed by atoms with Crippen molar-refractivity contribution >= 4 is 11.9 Å². The van der Waals surface area contributed by atoms with E-state index in [0.29, 0.717) is 12.8 Å². The number of carbonyl (C=O) groups is 2. The molecule has 6 N–H and O–H groups in total. The molecular weight excluding hydrogens is 1090 g/mol. The molecule has 8 unspecified atom stereocenters. The fourth-order valence-corrected chi connectivity index (χ4v) is 11.5. The van der Waals surface area contributed by atoms with Gasteiger partial charge in [0.15, 0.2) is 12.4 Å². The summed E-state index contributed by atoms with van der Waals surface area (Å²) >= 11 is 0. The maximum absolute atomic E-state index is 13.5. The van der Waals surface area contributed by atoms with E-state index in [1.807, 2.05) is 6.08 Å². The van der Waals surface area contributed by atoms with Gasteiger partial charge in [-0.15, -0.1) is 0 Å². The Hall–Kier alpha value is -2.64. The van der Waals surface area contributed by atoms with E-state index in [-0.39, 0.29) is 19.4 Å². The smallest absolute Gasteiger partial charge is 0.306 e. The summed E-state index contributed by atoms with van der Waals surface area (Å²) in [4.78, 5) is 26.7. The lowest BCUT2D eigenvalue weighted by molar-refractivity contribution is -0.305. The van der Waals surface area contributed by atoms with E-state index in [9.17, 15) is 35.1 Å². The Balaban J connectivity index is 2.54. The van der Waals surface area contributed by atoms with E-state index in [1.165, 1.54) is 225 Å². The average molecular weight is 1230 g/mol. The van der Waals surface area contributed by atoms with Crippen molar-refractivity contribution in [2.45, 2.75) is 397 Å². The predicted molar refractivity (Wildman–Crippen MR) is 366 cm³/mol. The van der Waals surface area contributed by atoms with Crippen LogP contribution in [-0.4, -0.2) is 99.6 Å². The highest BCUT2D eigenvalue weighted by Crippen LogP contribution is 2.26. The molecule has 0 saturated carbocycles. The van der Waals surface area contributed by atoms with Gasteiger partial charge >= 0.3 is 5.97 Å². The second-order valence-electron chi connectivity index (χ2n) is 25.7. The number of hydrogen-bond donors (Lipinski definition) is 6. The Morgan fingerprint density at radius 3 is 1.22 bits per heavy atom. The molecule has 1 rings (SSSR count). The maximum atomic E-state index is 13.5. The third-order valence-corrected chi connectivity index (χ3v) is 17.4. The number of allylic oxidation sites excluding steroid dienone is 9. The zero-order chi connectivity index (χ0) is 63.1. The van der Waals surface area contributed by atoms with Gasteiger partial charge in [0.2, 0.25) is 5.91 Å². The van der Waals surface area contributed by atoms with Gasteiger partial charge in [0.25, 0.3) is 0 Å². The van der Waals surface area contributed by atoms with Gasteiger partial charge < -0.3 is 45.1 Å². The number of aliphatic hydroxyl groups is 5. The van der Waals surface area contributed by atoms with Crippen molar-refractivity contribution in [3.8, 4) is 0 Å². The number of aliphatic hydroxyl groups excluding tert-OH is 5. The first-order valence-corrected chi connectivity index (χ1v) is 37.1. The van der Waals surface area contributed by atoms with Crippen LogP contribution in [0.2, 0.25) is 0 Å². The Morgan fingerprint density at radius 1 is 0.448 bits per heavy atom. The summed E-state index contributed by atoms with van der Waals surface area (Å²) < 4.78 is 17.7. The van der Waals surface area contributed by atoms with Crippen LogP contribution >= 0.6 is 0 Å². The highest BCUT2D eigenvalue weighted by molar-refractivity contribution is 5.80. The molecule has 0 spiro atoms. The third-order valence-electron chi connectivity index (χ3n) is 17.4. The quantitative estimate of drug-likeness (QED) is 0.0195. The maximum Gasteiger partial charge on any atom is 0.306 e. The Kier molecular flexibility index (Phi) is 60.1. The molecule has 87 heavy (non-hydrogen) atoms. The standard InChI is InChI=1S/C76H139NO10/c1-4-7-10-13-16-19-22-25-27-29-31-32-33-34-35-36-37-38-39-41-43-46-49-52-55-58-61-64-71(81)87-74-73(83)72(82)70(65-78)86-76(74)85-66-67(68(79)62-59-56-53-50-47-44-24-21-18-15-12-9-6-3)77-75(84)69(80)63-60-57-54-51-48-45-42-40-30-28-26-23-20-17-14-11-8-5-2/h16,19,25-28,31-32,59,62,67-70,72-74,76,78-80,82-83H,4-15,17-18,20-24,29-30,33-58,60-61,63-66H2,1-3H3,(H,77,84)/b19-16-,27-25-,28-26+,32-31-,62-59+. The molecule has 1 saturated heterocycles. The number of hydrogen-bond acceptors (Lipinski definition) is 10. The van der Waals surface area contributed by atoms with Gasteiger partial charge in [-0.2, -0.15) is 0 Å². The van der Waals surface area contributed by atoms with Crippen molar-refractivity contribution in [1.29, 1.82) is 0 Å². The predicted octanol–water partition coefficient (Wildman–Crippen LogP) is 19.3. The normalized spacial score (nSPS) is 18.6. The topological polar surface area (TPSA) is 175 Å². The summed E-state index contributed by atoms with van der Waals surface area (Å²) in [7, 11) is 0. The van der Waals surface area contributed by atoms with Crippen molar-refractivity contribution in [2.24, 2.45) is 0 Å². The average Bonchev–Trinajstić information content (AvgIpc) is 2.51. The number of amides is 1. The van der Waals surface area contributed by atoms with E-state index >= 15 is 0 Å². The lowest BCUT2D eigenvalue weighted by atomic mass is 9.99. The molecule has 1 fully saturated rings. The first-order chi connectivity index (χ1) is 42.7. The van der Waals surface area contributed by atoms with Gasteiger partial charge in [-0.3, -0.25) is 9.59 Å². The zero-order valence-electron chi connectivity index (χ0n) is 56.6. The molecule has 0 aromatic rings. The van der Waals surface area contributed by atoms with Crippen molar-refractivity contribution in [3.63, 3.8) is 0 Å². The number of esters is 1. The number of rotatable bonds is 64.